The van der Waals surface area contributed by atoms with Crippen molar-refractivity contribution in [3.8, 4) is 0 Å². The lowest BCUT2D eigenvalue weighted by Gasteiger charge is -2.29. The molecule has 0 unspecified atom stereocenters. The molecule has 1 N–H and O–H groups in total. The number of piperazine rings is 1. The van der Waals surface area contributed by atoms with Crippen LogP contribution in [0.25, 0.3) is 0 Å². The largest absolute Gasteiger partial charge is 0.335 e. The zero-order valence-corrected chi connectivity index (χ0v) is 12.5. The number of likely N-dealkylation sites (N-methyl/N-ethyl adjacent to an activating group) is 1. The maximum atomic E-state index is 12.3. The van der Waals surface area contributed by atoms with E-state index in [1.54, 1.807) is 28.6 Å². The summed E-state index contributed by atoms with van der Waals surface area (Å²) in [7, 11) is -1.27. The third kappa shape index (κ3) is 3.36. The Morgan fingerprint density at radius 3 is 2.17 bits per heavy atom. The highest BCUT2D eigenvalue weighted by atomic mass is 35.5. The first kappa shape index (κ1) is 15.7. The molecule has 1 saturated heterocycles. The molecule has 7 heteroatoms. The molecule has 0 radical (unpaired) electrons. The third-order valence-electron chi connectivity index (χ3n) is 3.03. The molecule has 1 aliphatic rings. The lowest BCUT2D eigenvalue weighted by molar-refractivity contribution is -0.883. The molecule has 0 aliphatic carbocycles. The number of benzene rings is 1. The predicted molar refractivity (Wildman–Crippen MR) is 74.1 cm³/mol. The van der Waals surface area contributed by atoms with Crippen molar-refractivity contribution in [1.29, 1.82) is 0 Å². The van der Waals surface area contributed by atoms with Gasteiger partial charge in [-0.3, -0.25) is 0 Å². The summed E-state index contributed by atoms with van der Waals surface area (Å²) in [5.41, 5.74) is 0. The maximum absolute atomic E-state index is 12.3. The van der Waals surface area contributed by atoms with Crippen molar-refractivity contribution in [3.63, 3.8) is 0 Å². The van der Waals surface area contributed by atoms with Gasteiger partial charge in [0.2, 0.25) is 10.0 Å². The summed E-state index contributed by atoms with van der Waals surface area (Å²) in [6.07, 6.45) is 0. The van der Waals surface area contributed by atoms with Crippen molar-refractivity contribution in [2.24, 2.45) is 0 Å². The molecular weight excluding hydrogens is 295 g/mol. The van der Waals surface area contributed by atoms with Gasteiger partial charge < -0.3 is 4.90 Å². The van der Waals surface area contributed by atoms with Gasteiger partial charge in [0.1, 0.15) is 0 Å². The molecule has 0 aromatic heterocycles. The molecule has 1 aromatic carbocycles. The van der Waals surface area contributed by atoms with E-state index in [0.29, 0.717) is 23.0 Å². The number of nitrogens with one attached hydrogen (secondary N) is 1. The quantitative estimate of drug-likeness (QED) is 0.852. The van der Waals surface area contributed by atoms with E-state index >= 15 is 0 Å². The van der Waals surface area contributed by atoms with Crippen molar-refractivity contribution < 1.29 is 13.3 Å². The Morgan fingerprint density at radius 1 is 1.17 bits per heavy atom. The van der Waals surface area contributed by atoms with E-state index < -0.39 is 10.0 Å². The molecule has 1 fully saturated rings. The van der Waals surface area contributed by atoms with Gasteiger partial charge in [-0.25, -0.2) is 8.42 Å². The highest BCUT2D eigenvalue weighted by molar-refractivity contribution is 7.89. The van der Waals surface area contributed by atoms with Crippen LogP contribution in [0.3, 0.4) is 0 Å². The van der Waals surface area contributed by atoms with Crippen LogP contribution in [0.4, 0.5) is 0 Å². The third-order valence-corrected chi connectivity index (χ3v) is 5.19. The molecule has 0 bridgehead atoms. The standard InChI is InChI=1S/C11H15ClN2O2S.ClH/c1-13-6-8-14(9-7-13)17(15,16)11-4-2-10(12)3-5-11;/h2-5H,6-9H2,1H3;1H/p+1. The Bertz CT molecular complexity index is 482. The molecule has 2 rings (SSSR count). The zero-order valence-electron chi connectivity index (χ0n) is 10.1. The van der Waals surface area contributed by atoms with Crippen LogP contribution in [0.1, 0.15) is 0 Å². The first-order valence-corrected chi connectivity index (χ1v) is 7.39. The summed E-state index contributed by atoms with van der Waals surface area (Å²) in [5.74, 6) is 0. The van der Waals surface area contributed by atoms with E-state index in [1.165, 1.54) is 4.90 Å². The van der Waals surface area contributed by atoms with Crippen molar-refractivity contribution in [1.82, 2.24) is 4.31 Å². The lowest BCUT2D eigenvalue weighted by Crippen LogP contribution is -3.12. The number of hydrogen-bond donors (Lipinski definition) is 1. The second kappa shape index (κ2) is 6.21. The molecule has 4 nitrogen and oxygen atoms in total. The van der Waals surface area contributed by atoms with E-state index in [1.807, 2.05) is 0 Å². The average molecular weight is 312 g/mol. The lowest BCUT2D eigenvalue weighted by atomic mass is 10.4. The average Bonchev–Trinajstić information content (AvgIpc) is 2.30. The fourth-order valence-electron chi connectivity index (χ4n) is 1.86. The first-order valence-electron chi connectivity index (χ1n) is 5.57. The second-order valence-corrected chi connectivity index (χ2v) is 6.69. The van der Waals surface area contributed by atoms with Crippen molar-refractivity contribution >= 4 is 34.0 Å². The number of halogens is 2. The van der Waals surface area contributed by atoms with Gasteiger partial charge in [-0.15, -0.1) is 12.4 Å². The molecule has 0 atom stereocenters. The fourth-order valence-corrected chi connectivity index (χ4v) is 3.43. The maximum Gasteiger partial charge on any atom is 0.243 e. The number of quaternary nitrogens is 1. The minimum atomic E-state index is -3.34. The monoisotopic (exact) mass is 311 g/mol. The zero-order chi connectivity index (χ0) is 12.5. The van der Waals surface area contributed by atoms with Gasteiger partial charge in [-0.1, -0.05) is 11.6 Å². The van der Waals surface area contributed by atoms with E-state index in [-0.39, 0.29) is 12.4 Å². The molecule has 1 aromatic rings. The Hall–Kier alpha value is -0.330. The highest BCUT2D eigenvalue weighted by Gasteiger charge is 2.28. The number of hydrogen-bond acceptors (Lipinski definition) is 2. The molecular formula is C11H17Cl2N2O2S+. The summed E-state index contributed by atoms with van der Waals surface area (Å²) < 4.78 is 26.1. The Kier molecular flexibility index (Phi) is 5.43. The molecule has 1 aliphatic heterocycles. The Labute approximate surface area is 119 Å². The van der Waals surface area contributed by atoms with E-state index in [2.05, 4.69) is 7.05 Å². The van der Waals surface area contributed by atoms with Crippen LogP contribution in [-0.2, 0) is 10.0 Å². The van der Waals surface area contributed by atoms with Crippen LogP contribution < -0.4 is 4.90 Å². The van der Waals surface area contributed by atoms with E-state index in [4.69, 9.17) is 11.6 Å². The van der Waals surface area contributed by atoms with Crippen LogP contribution >= 0.6 is 24.0 Å². The number of rotatable bonds is 2. The Morgan fingerprint density at radius 2 is 1.67 bits per heavy atom. The summed E-state index contributed by atoms with van der Waals surface area (Å²) in [5, 5.41) is 0.548. The fraction of sp³-hybridized carbons (Fsp3) is 0.455. The van der Waals surface area contributed by atoms with Gasteiger partial charge >= 0.3 is 0 Å². The van der Waals surface area contributed by atoms with Crippen molar-refractivity contribution in [2.45, 2.75) is 4.90 Å². The highest BCUT2D eigenvalue weighted by Crippen LogP contribution is 2.18. The minimum absolute atomic E-state index is 0. The number of nitrogens with zero attached hydrogens (tertiary/aromatic N) is 1. The summed E-state index contributed by atoms with van der Waals surface area (Å²) in [6, 6.07) is 6.33. The summed E-state index contributed by atoms with van der Waals surface area (Å²) >= 11 is 5.75. The summed E-state index contributed by atoms with van der Waals surface area (Å²) in [6.45, 7) is 2.87. The normalized spacial score (nSPS) is 18.3. The van der Waals surface area contributed by atoms with Crippen LogP contribution in [0.5, 0.6) is 0 Å². The smallest absolute Gasteiger partial charge is 0.243 e. The molecule has 0 amide bonds. The van der Waals surface area contributed by atoms with Crippen LogP contribution in [-0.4, -0.2) is 45.9 Å². The van der Waals surface area contributed by atoms with Crippen LogP contribution in [0.2, 0.25) is 5.02 Å². The Balaban J connectivity index is 0.00000162. The predicted octanol–water partition coefficient (Wildman–Crippen LogP) is 0.281. The van der Waals surface area contributed by atoms with Gasteiger partial charge in [0.25, 0.3) is 0 Å². The van der Waals surface area contributed by atoms with Gasteiger partial charge in [-0.05, 0) is 24.3 Å². The molecule has 0 saturated carbocycles. The van der Waals surface area contributed by atoms with E-state index in [9.17, 15) is 8.42 Å². The van der Waals surface area contributed by atoms with Gasteiger partial charge in [0.15, 0.2) is 0 Å². The number of sulfonamides is 1. The van der Waals surface area contributed by atoms with Crippen LogP contribution in [0, 0.1) is 0 Å². The van der Waals surface area contributed by atoms with Crippen molar-refractivity contribution in [3.05, 3.63) is 29.3 Å². The van der Waals surface area contributed by atoms with Gasteiger partial charge in [0.05, 0.1) is 38.1 Å². The topological polar surface area (TPSA) is 41.8 Å². The molecule has 0 spiro atoms. The SMILES string of the molecule is C[NH+]1CCN(S(=O)(=O)c2ccc(Cl)cc2)CC1.Cl. The summed E-state index contributed by atoms with van der Waals surface area (Å²) in [4.78, 5) is 1.69. The molecule has 102 valence electrons. The minimum Gasteiger partial charge on any atom is -0.335 e. The molecule has 1 heterocycles. The van der Waals surface area contributed by atoms with Gasteiger partial charge in [0, 0.05) is 5.02 Å². The second-order valence-electron chi connectivity index (χ2n) is 4.32. The van der Waals surface area contributed by atoms with Crippen LogP contribution in [0.15, 0.2) is 29.2 Å². The first-order chi connectivity index (χ1) is 8.00. The van der Waals surface area contributed by atoms with Gasteiger partial charge in [-0.2, -0.15) is 4.31 Å². The van der Waals surface area contributed by atoms with Crippen molar-refractivity contribution in [2.75, 3.05) is 33.2 Å². The van der Waals surface area contributed by atoms with E-state index in [0.717, 1.165) is 13.1 Å². The molecule has 18 heavy (non-hydrogen) atoms.